The number of nitrogens with two attached hydrogens (primary N) is 2. The zero-order chi connectivity index (χ0) is 22.3. The van der Waals surface area contributed by atoms with E-state index in [9.17, 15) is 18.0 Å². The van der Waals surface area contributed by atoms with Gasteiger partial charge in [-0.3, -0.25) is 4.79 Å². The Kier molecular flexibility index (Phi) is 4.85. The van der Waals surface area contributed by atoms with Crippen LogP contribution in [0, 0.1) is 6.92 Å². The number of nitrogen functional groups attached to an aromatic ring is 2. The molecule has 0 saturated heterocycles. The number of ether oxygens (including phenoxy) is 1. The van der Waals surface area contributed by atoms with Crippen molar-refractivity contribution in [1.82, 2.24) is 0 Å². The average Bonchev–Trinajstić information content (AvgIpc) is 2.73. The Bertz CT molecular complexity index is 1340. The molecule has 5 nitrogen and oxygen atoms in total. The number of anilines is 2. The molecule has 4 rings (SSSR count). The van der Waals surface area contributed by atoms with Gasteiger partial charge >= 0.3 is 6.18 Å². The number of hydrogen-bond acceptors (Lipinski definition) is 5. The fraction of sp³-hybridized carbons (Fsp3) is 0.0870. The largest absolute Gasteiger partial charge is 0.455 e. The number of rotatable bonds is 3. The first kappa shape index (κ1) is 20.3. The van der Waals surface area contributed by atoms with Crippen LogP contribution in [0.1, 0.15) is 11.1 Å². The van der Waals surface area contributed by atoms with Crippen LogP contribution in [0.3, 0.4) is 0 Å². The normalized spacial score (nSPS) is 11.6. The highest BCUT2D eigenvalue weighted by Gasteiger charge is 2.30. The summed E-state index contributed by atoms with van der Waals surface area (Å²) in [6, 6.07) is 13.9. The number of alkyl halides is 3. The van der Waals surface area contributed by atoms with Gasteiger partial charge in [-0.25, -0.2) is 0 Å². The summed E-state index contributed by atoms with van der Waals surface area (Å²) in [4.78, 5) is 12.8. The third-order valence-corrected chi connectivity index (χ3v) is 4.83. The van der Waals surface area contributed by atoms with Crippen LogP contribution in [0.4, 0.5) is 24.5 Å². The predicted molar refractivity (Wildman–Crippen MR) is 113 cm³/mol. The second kappa shape index (κ2) is 7.39. The zero-order valence-corrected chi connectivity index (χ0v) is 16.3. The fourth-order valence-corrected chi connectivity index (χ4v) is 3.18. The van der Waals surface area contributed by atoms with Crippen molar-refractivity contribution >= 4 is 22.3 Å². The second-order valence-electron chi connectivity index (χ2n) is 7.02. The monoisotopic (exact) mass is 426 g/mol. The Morgan fingerprint density at radius 2 is 1.65 bits per heavy atom. The molecule has 31 heavy (non-hydrogen) atoms. The summed E-state index contributed by atoms with van der Waals surface area (Å²) in [7, 11) is 0. The third kappa shape index (κ3) is 3.92. The first-order chi connectivity index (χ1) is 14.6. The van der Waals surface area contributed by atoms with E-state index in [-0.39, 0.29) is 16.8 Å². The molecule has 158 valence electrons. The molecule has 4 aromatic rings. The Labute approximate surface area is 174 Å². The van der Waals surface area contributed by atoms with E-state index in [1.807, 2.05) is 0 Å². The number of benzene rings is 3. The van der Waals surface area contributed by atoms with Crippen LogP contribution in [0.25, 0.3) is 22.3 Å². The van der Waals surface area contributed by atoms with Crippen molar-refractivity contribution in [2.75, 3.05) is 11.5 Å². The molecule has 0 radical (unpaired) electrons. The molecule has 0 aliphatic heterocycles. The molecule has 8 heteroatoms. The number of hydrogen-bond donors (Lipinski definition) is 2. The molecule has 0 bridgehead atoms. The van der Waals surface area contributed by atoms with Crippen molar-refractivity contribution < 1.29 is 22.3 Å². The highest BCUT2D eigenvalue weighted by atomic mass is 19.4. The highest BCUT2D eigenvalue weighted by molar-refractivity contribution is 5.81. The average molecular weight is 426 g/mol. The van der Waals surface area contributed by atoms with Gasteiger partial charge in [-0.2, -0.15) is 13.2 Å². The van der Waals surface area contributed by atoms with Crippen molar-refractivity contribution in [3.05, 3.63) is 82.0 Å². The van der Waals surface area contributed by atoms with Gasteiger partial charge in [0.2, 0.25) is 0 Å². The zero-order valence-electron chi connectivity index (χ0n) is 16.3. The van der Waals surface area contributed by atoms with Crippen molar-refractivity contribution in [2.45, 2.75) is 13.1 Å². The van der Waals surface area contributed by atoms with Crippen LogP contribution in [-0.2, 0) is 6.18 Å². The van der Waals surface area contributed by atoms with Gasteiger partial charge < -0.3 is 20.6 Å². The molecular weight excluding hydrogens is 409 g/mol. The van der Waals surface area contributed by atoms with E-state index in [1.165, 1.54) is 18.2 Å². The summed E-state index contributed by atoms with van der Waals surface area (Å²) in [6.45, 7) is 1.57. The number of fused-ring (bicyclic) bond motifs is 1. The van der Waals surface area contributed by atoms with Crippen LogP contribution in [-0.4, -0.2) is 0 Å². The lowest BCUT2D eigenvalue weighted by Gasteiger charge is -2.12. The van der Waals surface area contributed by atoms with E-state index in [2.05, 4.69) is 0 Å². The van der Waals surface area contributed by atoms with Gasteiger partial charge in [0.25, 0.3) is 0 Å². The molecule has 1 heterocycles. The molecule has 3 aromatic carbocycles. The van der Waals surface area contributed by atoms with Gasteiger partial charge in [-0.1, -0.05) is 12.1 Å². The van der Waals surface area contributed by atoms with Crippen LogP contribution in [0.5, 0.6) is 11.5 Å². The lowest BCUT2D eigenvalue weighted by Crippen LogP contribution is -2.08. The third-order valence-electron chi connectivity index (χ3n) is 4.83. The van der Waals surface area contributed by atoms with Crippen molar-refractivity contribution in [1.29, 1.82) is 0 Å². The summed E-state index contributed by atoms with van der Waals surface area (Å²) in [5.74, 6) is 0.888. The van der Waals surface area contributed by atoms with E-state index in [4.69, 9.17) is 20.6 Å². The molecule has 0 unspecified atom stereocenters. The fourth-order valence-electron chi connectivity index (χ4n) is 3.18. The van der Waals surface area contributed by atoms with Crippen molar-refractivity contribution in [3.8, 4) is 22.8 Å². The van der Waals surface area contributed by atoms with Gasteiger partial charge in [-0.05, 0) is 43.3 Å². The molecule has 4 N–H and O–H groups in total. The first-order valence-corrected chi connectivity index (χ1v) is 9.21. The minimum Gasteiger partial charge on any atom is -0.455 e. The van der Waals surface area contributed by atoms with E-state index in [0.29, 0.717) is 39.4 Å². The Hall–Kier alpha value is -3.94. The lowest BCUT2D eigenvalue weighted by atomic mass is 10.0. The Morgan fingerprint density at radius 3 is 2.32 bits per heavy atom. The summed E-state index contributed by atoms with van der Waals surface area (Å²) in [6.07, 6.45) is -4.45. The molecule has 0 aliphatic carbocycles. The first-order valence-electron chi connectivity index (χ1n) is 9.21. The van der Waals surface area contributed by atoms with Gasteiger partial charge in [0.15, 0.2) is 11.2 Å². The molecule has 0 amide bonds. The molecule has 0 fully saturated rings. The van der Waals surface area contributed by atoms with E-state index in [1.54, 1.807) is 37.3 Å². The molecule has 0 atom stereocenters. The summed E-state index contributed by atoms with van der Waals surface area (Å²) < 4.78 is 50.2. The molecule has 1 aromatic heterocycles. The number of halogens is 3. The summed E-state index contributed by atoms with van der Waals surface area (Å²) in [5, 5.41) is 0.320. The lowest BCUT2D eigenvalue weighted by molar-refractivity contribution is -0.137. The van der Waals surface area contributed by atoms with E-state index >= 15 is 0 Å². The smallest absolute Gasteiger partial charge is 0.416 e. The second-order valence-corrected chi connectivity index (χ2v) is 7.02. The van der Waals surface area contributed by atoms with Gasteiger partial charge in [0, 0.05) is 28.9 Å². The maximum atomic E-state index is 12.8. The summed E-state index contributed by atoms with van der Waals surface area (Å²) in [5.41, 5.74) is 12.3. The van der Waals surface area contributed by atoms with Crippen molar-refractivity contribution in [2.24, 2.45) is 0 Å². The topological polar surface area (TPSA) is 91.5 Å². The molecule has 0 saturated carbocycles. The van der Waals surface area contributed by atoms with E-state index < -0.39 is 11.7 Å². The highest BCUT2D eigenvalue weighted by Crippen LogP contribution is 2.34. The summed E-state index contributed by atoms with van der Waals surface area (Å²) >= 11 is 0. The Balaban J connectivity index is 1.78. The van der Waals surface area contributed by atoms with Crippen LogP contribution >= 0.6 is 0 Å². The van der Waals surface area contributed by atoms with Gasteiger partial charge in [0.1, 0.15) is 17.1 Å². The maximum absolute atomic E-state index is 12.8. The quantitative estimate of drug-likeness (QED) is 0.408. The molecule has 0 aliphatic rings. The molecular formula is C23H17F3N2O3. The minimum atomic E-state index is -4.45. The van der Waals surface area contributed by atoms with Crippen molar-refractivity contribution in [3.63, 3.8) is 0 Å². The van der Waals surface area contributed by atoms with Gasteiger partial charge in [0.05, 0.1) is 16.6 Å². The predicted octanol–water partition coefficient (Wildman–Crippen LogP) is 5.74. The van der Waals surface area contributed by atoms with E-state index in [0.717, 1.165) is 12.1 Å². The maximum Gasteiger partial charge on any atom is 0.416 e. The Morgan fingerprint density at radius 1 is 0.935 bits per heavy atom. The molecule has 0 spiro atoms. The standard InChI is InChI=1S/C23H17F3N2O3/c1-12-21(29)17-8-7-16(30-20-10-15(27)6-9-18(20)28)11-19(17)31-22(12)13-2-4-14(5-3-13)23(24,25)26/h2-11H,27-28H2,1H3. The minimum absolute atomic E-state index is 0.187. The van der Waals surface area contributed by atoms with Crippen LogP contribution in [0.2, 0.25) is 0 Å². The SMILES string of the molecule is Cc1c(-c2ccc(C(F)(F)F)cc2)oc2cc(Oc3cc(N)ccc3N)ccc2c1=O. The van der Waals surface area contributed by atoms with Crippen LogP contribution < -0.4 is 21.6 Å². The van der Waals surface area contributed by atoms with Gasteiger partial charge in [-0.15, -0.1) is 0 Å². The van der Waals surface area contributed by atoms with Crippen LogP contribution in [0.15, 0.2) is 69.9 Å².